The van der Waals surface area contributed by atoms with Crippen LogP contribution in [-0.2, 0) is 25.7 Å². The highest BCUT2D eigenvalue weighted by Gasteiger charge is 2.60. The topological polar surface area (TPSA) is 215 Å². The van der Waals surface area contributed by atoms with Crippen molar-refractivity contribution in [3.05, 3.63) is 16.9 Å². The molecule has 1 aromatic heterocycles. The second-order valence-electron chi connectivity index (χ2n) is 10.4. The number of carboxylic acids is 1. The number of thioether (sulfide) groups is 1. The molecule has 16 heteroatoms. The maximum Gasteiger partial charge on any atom is 0.353 e. The van der Waals surface area contributed by atoms with Gasteiger partial charge in [-0.15, -0.1) is 16.9 Å². The molecular formula is C22H32N10O5S. The Hall–Kier alpha value is -3.08. The minimum atomic E-state index is -1.16. The van der Waals surface area contributed by atoms with Crippen molar-refractivity contribution in [3.8, 4) is 0 Å². The van der Waals surface area contributed by atoms with Crippen LogP contribution >= 0.6 is 11.8 Å². The summed E-state index contributed by atoms with van der Waals surface area (Å²) in [6.07, 6.45) is 1.84. The van der Waals surface area contributed by atoms with Crippen LogP contribution in [0.3, 0.4) is 0 Å². The number of nitrogens with one attached hydrogen (secondary N) is 2. The number of aliphatic carboxylic acids is 1. The van der Waals surface area contributed by atoms with Crippen molar-refractivity contribution in [2.75, 3.05) is 19.6 Å². The van der Waals surface area contributed by atoms with E-state index in [-0.39, 0.29) is 59.3 Å². The van der Waals surface area contributed by atoms with E-state index in [2.05, 4.69) is 26.2 Å². The molecule has 5 rings (SSSR count). The van der Waals surface area contributed by atoms with Crippen LogP contribution in [0.1, 0.15) is 20.3 Å². The lowest BCUT2D eigenvalue weighted by Crippen LogP contribution is -2.66. The Bertz CT molecular complexity index is 1150. The van der Waals surface area contributed by atoms with Crippen LogP contribution in [0.5, 0.6) is 0 Å². The number of hydrogen-bond acceptors (Lipinski definition) is 11. The molecular weight excluding hydrogens is 516 g/mol. The molecule has 7 N–H and O–H groups in total. The minimum Gasteiger partial charge on any atom is -0.477 e. The van der Waals surface area contributed by atoms with Gasteiger partial charge in [-0.1, -0.05) is 6.92 Å². The zero-order chi connectivity index (χ0) is 27.3. The molecule has 15 nitrogen and oxygen atoms in total. The SMILES string of the molecule is C[C@@H](NC(=O)Cn1cnnn1)[C@H]1C(=O)N2C(C(=O)O)=C(SC3CNC(C(=O)N4CC(N)C(N)C4)C3)[C@H](C)[C@@H]12. The first-order valence-electron chi connectivity index (χ1n) is 12.6. The summed E-state index contributed by atoms with van der Waals surface area (Å²) in [5.74, 6) is -2.69. The van der Waals surface area contributed by atoms with Gasteiger partial charge < -0.3 is 37.0 Å². The second-order valence-corrected chi connectivity index (χ2v) is 11.7. The van der Waals surface area contributed by atoms with Crippen molar-refractivity contribution in [3.63, 3.8) is 0 Å². The summed E-state index contributed by atoms with van der Waals surface area (Å²) in [5, 5.41) is 26.7. The first-order valence-corrected chi connectivity index (χ1v) is 13.5. The predicted molar refractivity (Wildman–Crippen MR) is 134 cm³/mol. The van der Waals surface area contributed by atoms with Crippen LogP contribution < -0.4 is 22.1 Å². The fourth-order valence-electron chi connectivity index (χ4n) is 5.90. The Morgan fingerprint density at radius 3 is 2.63 bits per heavy atom. The van der Waals surface area contributed by atoms with E-state index in [1.165, 1.54) is 27.7 Å². The maximum atomic E-state index is 13.1. The van der Waals surface area contributed by atoms with Crippen LogP contribution in [0.2, 0.25) is 0 Å². The molecule has 38 heavy (non-hydrogen) atoms. The van der Waals surface area contributed by atoms with Crippen LogP contribution in [0, 0.1) is 11.8 Å². The van der Waals surface area contributed by atoms with Crippen molar-refractivity contribution in [2.24, 2.45) is 23.3 Å². The summed E-state index contributed by atoms with van der Waals surface area (Å²) in [5.41, 5.74) is 11.9. The van der Waals surface area contributed by atoms with E-state index in [0.29, 0.717) is 31.0 Å². The van der Waals surface area contributed by atoms with E-state index in [4.69, 9.17) is 11.5 Å². The Kier molecular flexibility index (Phi) is 7.15. The summed E-state index contributed by atoms with van der Waals surface area (Å²) in [6, 6.07) is -1.76. The first-order chi connectivity index (χ1) is 18.1. The number of fused-ring (bicyclic) bond motifs is 1. The van der Waals surface area contributed by atoms with Gasteiger partial charge >= 0.3 is 5.97 Å². The fraction of sp³-hybridized carbons (Fsp3) is 0.682. The summed E-state index contributed by atoms with van der Waals surface area (Å²) in [6.45, 7) is 4.93. The monoisotopic (exact) mass is 548 g/mol. The van der Waals surface area contributed by atoms with E-state index in [1.54, 1.807) is 11.8 Å². The van der Waals surface area contributed by atoms with E-state index < -0.39 is 24.0 Å². The molecule has 0 saturated carbocycles. The van der Waals surface area contributed by atoms with Gasteiger partial charge in [-0.3, -0.25) is 14.4 Å². The molecule has 0 spiro atoms. The molecule has 4 aliphatic heterocycles. The molecule has 0 aromatic carbocycles. The van der Waals surface area contributed by atoms with Crippen molar-refractivity contribution >= 4 is 35.5 Å². The number of tetrazole rings is 1. The lowest BCUT2D eigenvalue weighted by atomic mass is 9.78. The second kappa shape index (κ2) is 10.2. The summed E-state index contributed by atoms with van der Waals surface area (Å²) in [7, 11) is 0. The lowest BCUT2D eigenvalue weighted by molar-refractivity contribution is -0.158. The predicted octanol–water partition coefficient (Wildman–Crippen LogP) is -3.09. The molecule has 206 valence electrons. The number of carboxylic acid groups (broad SMARTS) is 1. The fourth-order valence-corrected chi connectivity index (χ4v) is 7.38. The van der Waals surface area contributed by atoms with Gasteiger partial charge in [0, 0.05) is 53.8 Å². The number of nitrogens with two attached hydrogens (primary N) is 2. The smallest absolute Gasteiger partial charge is 0.353 e. The standard InChI is InChI=1S/C22H32N10O5S/c1-9-17-16(10(2)27-15(33)7-31-8-26-28-29-31)21(35)32(17)18(22(36)37)19(9)38-11-3-14(25-4-11)20(34)30-5-12(23)13(24)6-30/h8-14,16-17,25H,3-7,23-24H2,1-2H3,(H,27,33)(H,36,37)/t9-,10-,11?,12?,13?,14?,16-,17+/m1/s1. The summed E-state index contributed by atoms with van der Waals surface area (Å²) < 4.78 is 1.27. The number of aromatic nitrogens is 4. The Labute approximate surface area is 222 Å². The molecule has 5 heterocycles. The zero-order valence-corrected chi connectivity index (χ0v) is 21.9. The van der Waals surface area contributed by atoms with Gasteiger partial charge in [-0.25, -0.2) is 9.48 Å². The van der Waals surface area contributed by atoms with E-state index in [1.807, 2.05) is 6.92 Å². The highest BCUT2D eigenvalue weighted by Crippen LogP contribution is 2.51. The molecule has 4 unspecified atom stereocenters. The first kappa shape index (κ1) is 26.5. The van der Waals surface area contributed by atoms with Crippen molar-refractivity contribution in [1.29, 1.82) is 0 Å². The molecule has 8 atom stereocenters. The highest BCUT2D eigenvalue weighted by molar-refractivity contribution is 8.03. The summed E-state index contributed by atoms with van der Waals surface area (Å²) >= 11 is 1.41. The number of β-lactam (4-membered cyclic amide) rings is 1. The molecule has 3 fully saturated rings. The third-order valence-corrected chi connectivity index (χ3v) is 9.33. The highest BCUT2D eigenvalue weighted by atomic mass is 32.2. The lowest BCUT2D eigenvalue weighted by Gasteiger charge is -2.47. The average molecular weight is 549 g/mol. The van der Waals surface area contributed by atoms with Gasteiger partial charge in [0.25, 0.3) is 0 Å². The normalized spacial score (nSPS) is 33.4. The third-order valence-electron chi connectivity index (χ3n) is 7.82. The number of carbonyl (C=O) groups is 4. The molecule has 3 amide bonds. The van der Waals surface area contributed by atoms with Gasteiger partial charge in [-0.05, 0) is 23.8 Å². The minimum absolute atomic E-state index is 0.00719. The zero-order valence-electron chi connectivity index (χ0n) is 21.1. The Balaban J connectivity index is 1.23. The molecule has 0 radical (unpaired) electrons. The van der Waals surface area contributed by atoms with Crippen molar-refractivity contribution in [2.45, 2.75) is 62.3 Å². The number of hydrogen-bond donors (Lipinski definition) is 5. The molecule has 0 bridgehead atoms. The van der Waals surface area contributed by atoms with E-state index in [0.717, 1.165) is 0 Å². The van der Waals surface area contributed by atoms with Crippen LogP contribution in [0.4, 0.5) is 0 Å². The molecule has 1 aromatic rings. The van der Waals surface area contributed by atoms with Gasteiger partial charge in [0.1, 0.15) is 18.6 Å². The Morgan fingerprint density at radius 2 is 2.00 bits per heavy atom. The third kappa shape index (κ3) is 4.65. The quantitative estimate of drug-likeness (QED) is 0.204. The number of amides is 3. The molecule has 0 aliphatic carbocycles. The van der Waals surface area contributed by atoms with Crippen molar-refractivity contribution < 1.29 is 24.3 Å². The Morgan fingerprint density at radius 1 is 1.29 bits per heavy atom. The van der Waals surface area contributed by atoms with Crippen LogP contribution in [0.15, 0.2) is 16.9 Å². The van der Waals surface area contributed by atoms with Gasteiger partial charge in [-0.2, -0.15) is 0 Å². The van der Waals surface area contributed by atoms with Gasteiger partial charge in [0.05, 0.1) is 18.0 Å². The van der Waals surface area contributed by atoms with Crippen LogP contribution in [0.25, 0.3) is 0 Å². The number of nitrogens with zero attached hydrogens (tertiary/aromatic N) is 6. The van der Waals surface area contributed by atoms with Crippen molar-refractivity contribution in [1.82, 2.24) is 40.6 Å². The number of likely N-dealkylation sites (tertiary alicyclic amines) is 1. The van der Waals surface area contributed by atoms with E-state index in [9.17, 15) is 24.3 Å². The molecule has 3 saturated heterocycles. The summed E-state index contributed by atoms with van der Waals surface area (Å²) in [4.78, 5) is 54.4. The van der Waals surface area contributed by atoms with E-state index >= 15 is 0 Å². The van der Waals surface area contributed by atoms with Gasteiger partial charge in [0.15, 0.2) is 0 Å². The molecule has 4 aliphatic rings. The van der Waals surface area contributed by atoms with Crippen LogP contribution in [-0.4, -0.2) is 114 Å². The maximum absolute atomic E-state index is 13.1. The number of carbonyl (C=O) groups excluding carboxylic acids is 3. The largest absolute Gasteiger partial charge is 0.477 e. The number of rotatable bonds is 8. The average Bonchev–Trinajstić information content (AvgIpc) is 3.63. The van der Waals surface area contributed by atoms with Gasteiger partial charge in [0.2, 0.25) is 17.7 Å².